The van der Waals surface area contributed by atoms with E-state index >= 15 is 0 Å². The molecule has 2 heteroatoms. The molecule has 0 aliphatic heterocycles. The summed E-state index contributed by atoms with van der Waals surface area (Å²) in [6.07, 6.45) is 7.36. The topological polar surface area (TPSA) is 40.5 Å². The molecular weight excluding hydrogens is 224 g/mol. The molecule has 0 aromatic carbocycles. The van der Waals surface area contributed by atoms with E-state index in [0.29, 0.717) is 11.3 Å². The van der Waals surface area contributed by atoms with E-state index in [1.165, 1.54) is 0 Å². The van der Waals surface area contributed by atoms with Crippen LogP contribution in [0.3, 0.4) is 0 Å². The van der Waals surface area contributed by atoms with Crippen LogP contribution in [0.25, 0.3) is 0 Å². The summed E-state index contributed by atoms with van der Waals surface area (Å²) in [6.45, 7) is 11.0. The van der Waals surface area contributed by atoms with Gasteiger partial charge in [-0.05, 0) is 30.6 Å². The zero-order valence-corrected chi connectivity index (χ0v) is 12.8. The van der Waals surface area contributed by atoms with Crippen molar-refractivity contribution in [2.75, 3.05) is 0 Å². The lowest BCUT2D eigenvalue weighted by Crippen LogP contribution is -2.19. The Morgan fingerprint density at radius 2 is 1.44 bits per heavy atom. The molecule has 0 rings (SSSR count). The van der Waals surface area contributed by atoms with E-state index in [-0.39, 0.29) is 0 Å². The molecule has 18 heavy (non-hydrogen) atoms. The first kappa shape index (κ1) is 17.7. The van der Waals surface area contributed by atoms with E-state index in [4.69, 9.17) is 0 Å². The summed E-state index contributed by atoms with van der Waals surface area (Å²) in [5.74, 6) is 0.588. The van der Waals surface area contributed by atoms with Gasteiger partial charge in [0, 0.05) is 0 Å². The van der Waals surface area contributed by atoms with Gasteiger partial charge in [0.05, 0.1) is 12.2 Å². The van der Waals surface area contributed by atoms with Crippen LogP contribution >= 0.6 is 0 Å². The summed E-state index contributed by atoms with van der Waals surface area (Å²) in [5, 5.41) is 19.5. The molecule has 0 bridgehead atoms. The van der Waals surface area contributed by atoms with Crippen LogP contribution in [0.5, 0.6) is 0 Å². The van der Waals surface area contributed by atoms with Crippen molar-refractivity contribution in [2.45, 2.75) is 78.9 Å². The maximum Gasteiger partial charge on any atom is 0.0721 e. The van der Waals surface area contributed by atoms with E-state index in [9.17, 15) is 10.2 Å². The SMILES string of the molecule is CCCCC(O)/C=C/C(O)CCC(C)C(C)(C)C. The van der Waals surface area contributed by atoms with E-state index in [1.807, 2.05) is 0 Å². The highest BCUT2D eigenvalue weighted by Gasteiger charge is 2.20. The molecule has 0 aromatic rings. The van der Waals surface area contributed by atoms with Crippen molar-refractivity contribution in [1.82, 2.24) is 0 Å². The van der Waals surface area contributed by atoms with Crippen molar-refractivity contribution in [3.63, 3.8) is 0 Å². The second kappa shape index (κ2) is 8.71. The van der Waals surface area contributed by atoms with Gasteiger partial charge in [0.15, 0.2) is 0 Å². The van der Waals surface area contributed by atoms with Crippen molar-refractivity contribution in [2.24, 2.45) is 11.3 Å². The smallest absolute Gasteiger partial charge is 0.0721 e. The summed E-state index contributed by atoms with van der Waals surface area (Å²) in [5.41, 5.74) is 0.296. The first-order valence-corrected chi connectivity index (χ1v) is 7.31. The van der Waals surface area contributed by atoms with Crippen LogP contribution < -0.4 is 0 Å². The van der Waals surface area contributed by atoms with E-state index < -0.39 is 12.2 Å². The zero-order chi connectivity index (χ0) is 14.2. The minimum atomic E-state index is -0.425. The Hall–Kier alpha value is -0.340. The Labute approximate surface area is 113 Å². The van der Waals surface area contributed by atoms with Crippen LogP contribution in [0.4, 0.5) is 0 Å². The first-order chi connectivity index (χ1) is 8.27. The molecule has 0 saturated heterocycles. The second-order valence-corrected chi connectivity index (χ2v) is 6.51. The van der Waals surface area contributed by atoms with Gasteiger partial charge in [-0.3, -0.25) is 0 Å². The summed E-state index contributed by atoms with van der Waals surface area (Å²) in [6, 6.07) is 0. The number of hydrogen-bond acceptors (Lipinski definition) is 2. The van der Waals surface area contributed by atoms with E-state index in [1.54, 1.807) is 12.2 Å². The van der Waals surface area contributed by atoms with Crippen LogP contribution in [0.2, 0.25) is 0 Å². The van der Waals surface area contributed by atoms with Crippen LogP contribution in [-0.4, -0.2) is 22.4 Å². The lowest BCUT2D eigenvalue weighted by Gasteiger charge is -2.27. The lowest BCUT2D eigenvalue weighted by molar-refractivity contribution is 0.169. The zero-order valence-electron chi connectivity index (χ0n) is 12.8. The molecule has 0 aliphatic rings. The average molecular weight is 256 g/mol. The fourth-order valence-corrected chi connectivity index (χ4v) is 1.72. The van der Waals surface area contributed by atoms with Crippen LogP contribution in [0.1, 0.15) is 66.7 Å². The molecule has 0 amide bonds. The van der Waals surface area contributed by atoms with Crippen molar-refractivity contribution in [3.05, 3.63) is 12.2 Å². The molecule has 2 N–H and O–H groups in total. The molecule has 3 unspecified atom stereocenters. The van der Waals surface area contributed by atoms with Gasteiger partial charge in [-0.1, -0.05) is 59.6 Å². The number of aliphatic hydroxyl groups is 2. The third kappa shape index (κ3) is 8.71. The Morgan fingerprint density at radius 3 is 1.89 bits per heavy atom. The largest absolute Gasteiger partial charge is 0.389 e. The van der Waals surface area contributed by atoms with Crippen molar-refractivity contribution in [3.8, 4) is 0 Å². The highest BCUT2D eigenvalue weighted by Crippen LogP contribution is 2.29. The minimum absolute atomic E-state index is 0.296. The van der Waals surface area contributed by atoms with Gasteiger partial charge in [-0.15, -0.1) is 0 Å². The lowest BCUT2D eigenvalue weighted by atomic mass is 9.79. The predicted molar refractivity (Wildman–Crippen MR) is 78.5 cm³/mol. The summed E-state index contributed by atoms with van der Waals surface area (Å²) in [4.78, 5) is 0. The van der Waals surface area contributed by atoms with Crippen molar-refractivity contribution < 1.29 is 10.2 Å². The Kier molecular flexibility index (Phi) is 8.54. The minimum Gasteiger partial charge on any atom is -0.389 e. The highest BCUT2D eigenvalue weighted by atomic mass is 16.3. The molecular formula is C16H32O2. The normalized spacial score (nSPS) is 17.9. The molecule has 108 valence electrons. The molecule has 3 atom stereocenters. The molecule has 0 saturated carbocycles. The molecule has 0 spiro atoms. The van der Waals surface area contributed by atoms with E-state index in [2.05, 4.69) is 34.6 Å². The highest BCUT2D eigenvalue weighted by molar-refractivity contribution is 4.93. The third-order valence-corrected chi connectivity index (χ3v) is 3.78. The molecule has 2 nitrogen and oxygen atoms in total. The molecule has 0 aromatic heterocycles. The standard InChI is InChI=1S/C16H32O2/c1-6-7-8-14(17)11-12-15(18)10-9-13(2)16(3,4)5/h11-15,17-18H,6-10H2,1-5H3/b12-11+. The number of aliphatic hydroxyl groups excluding tert-OH is 2. The summed E-state index contributed by atoms with van der Waals surface area (Å²) >= 11 is 0. The third-order valence-electron chi connectivity index (χ3n) is 3.78. The maximum atomic E-state index is 9.84. The van der Waals surface area contributed by atoms with Gasteiger partial charge in [-0.25, -0.2) is 0 Å². The number of hydrogen-bond donors (Lipinski definition) is 2. The quantitative estimate of drug-likeness (QED) is 0.646. The fourth-order valence-electron chi connectivity index (χ4n) is 1.72. The molecule has 0 fully saturated rings. The average Bonchev–Trinajstić information content (AvgIpc) is 2.29. The predicted octanol–water partition coefficient (Wildman–Crippen LogP) is 3.92. The van der Waals surface area contributed by atoms with Crippen molar-refractivity contribution in [1.29, 1.82) is 0 Å². The summed E-state index contributed by atoms with van der Waals surface area (Å²) in [7, 11) is 0. The monoisotopic (exact) mass is 256 g/mol. The van der Waals surface area contributed by atoms with Crippen LogP contribution in [-0.2, 0) is 0 Å². The number of rotatable bonds is 8. The van der Waals surface area contributed by atoms with Crippen molar-refractivity contribution >= 4 is 0 Å². The van der Waals surface area contributed by atoms with Gasteiger partial charge in [0.25, 0.3) is 0 Å². The van der Waals surface area contributed by atoms with Gasteiger partial charge in [-0.2, -0.15) is 0 Å². The van der Waals surface area contributed by atoms with Crippen LogP contribution in [0, 0.1) is 11.3 Å². The fraction of sp³-hybridized carbons (Fsp3) is 0.875. The van der Waals surface area contributed by atoms with Crippen LogP contribution in [0.15, 0.2) is 12.2 Å². The molecule has 0 radical (unpaired) electrons. The Morgan fingerprint density at radius 1 is 0.944 bits per heavy atom. The Balaban J connectivity index is 3.89. The number of unbranched alkanes of at least 4 members (excludes halogenated alkanes) is 1. The first-order valence-electron chi connectivity index (χ1n) is 7.31. The van der Waals surface area contributed by atoms with Gasteiger partial charge in [0.2, 0.25) is 0 Å². The van der Waals surface area contributed by atoms with E-state index in [0.717, 1.165) is 32.1 Å². The van der Waals surface area contributed by atoms with Gasteiger partial charge >= 0.3 is 0 Å². The molecule has 0 aliphatic carbocycles. The van der Waals surface area contributed by atoms with Gasteiger partial charge < -0.3 is 10.2 Å². The molecule has 0 heterocycles. The summed E-state index contributed by atoms with van der Waals surface area (Å²) < 4.78 is 0. The second-order valence-electron chi connectivity index (χ2n) is 6.51. The maximum absolute atomic E-state index is 9.84. The van der Waals surface area contributed by atoms with Gasteiger partial charge in [0.1, 0.15) is 0 Å². The Bertz CT molecular complexity index is 228.